The third-order valence-electron chi connectivity index (χ3n) is 3.94. The molecule has 5 nitrogen and oxygen atoms in total. The van der Waals surface area contributed by atoms with Crippen molar-refractivity contribution >= 4 is 11.6 Å². The van der Waals surface area contributed by atoms with Crippen LogP contribution < -0.4 is 15.4 Å². The Morgan fingerprint density at radius 1 is 1.32 bits per heavy atom. The number of amides is 1. The lowest BCUT2D eigenvalue weighted by molar-refractivity contribution is -0.120. The topological polar surface area (TPSA) is 68.5 Å². The number of nitrogens with two attached hydrogens (primary N) is 1. The molecule has 0 radical (unpaired) electrons. The number of anilines is 1. The van der Waals surface area contributed by atoms with Gasteiger partial charge in [0.15, 0.2) is 0 Å². The number of hydrogen-bond donors (Lipinski definition) is 1. The van der Waals surface area contributed by atoms with Crippen LogP contribution in [0.3, 0.4) is 0 Å². The summed E-state index contributed by atoms with van der Waals surface area (Å²) in [6.07, 6.45) is 3.01. The first-order valence-electron chi connectivity index (χ1n) is 7.33. The van der Waals surface area contributed by atoms with Gasteiger partial charge in [-0.05, 0) is 36.2 Å². The molecule has 2 aromatic rings. The third kappa shape index (κ3) is 2.80. The van der Waals surface area contributed by atoms with Gasteiger partial charge in [0.05, 0.1) is 24.5 Å². The Morgan fingerprint density at radius 2 is 2.09 bits per heavy atom. The quantitative estimate of drug-likeness (QED) is 0.929. The first-order chi connectivity index (χ1) is 10.7. The van der Waals surface area contributed by atoms with Crippen molar-refractivity contribution in [2.45, 2.75) is 18.9 Å². The highest BCUT2D eigenvalue weighted by molar-refractivity contribution is 5.99. The highest BCUT2D eigenvalue weighted by Gasteiger charge is 2.30. The van der Waals surface area contributed by atoms with Gasteiger partial charge in [0.2, 0.25) is 5.91 Å². The van der Waals surface area contributed by atoms with E-state index in [-0.39, 0.29) is 5.91 Å². The normalized spacial score (nSPS) is 17.3. The van der Waals surface area contributed by atoms with E-state index in [9.17, 15) is 4.79 Å². The number of hydrogen-bond acceptors (Lipinski definition) is 4. The average molecular weight is 297 g/mol. The Balaban J connectivity index is 1.77. The van der Waals surface area contributed by atoms with Gasteiger partial charge in [0, 0.05) is 19.2 Å². The third-order valence-corrected chi connectivity index (χ3v) is 3.94. The summed E-state index contributed by atoms with van der Waals surface area (Å²) in [5, 5.41) is 0. The highest BCUT2D eigenvalue weighted by Crippen LogP contribution is 2.25. The summed E-state index contributed by atoms with van der Waals surface area (Å²) < 4.78 is 5.15. The van der Waals surface area contributed by atoms with Crippen molar-refractivity contribution in [3.8, 4) is 5.75 Å². The Kier molecular flexibility index (Phi) is 4.06. The Hall–Kier alpha value is -2.40. The fourth-order valence-electron chi connectivity index (χ4n) is 2.71. The number of carbonyl (C=O) groups is 1. The summed E-state index contributed by atoms with van der Waals surface area (Å²) in [4.78, 5) is 18.5. The molecule has 1 aromatic heterocycles. The number of rotatable bonds is 4. The van der Waals surface area contributed by atoms with Gasteiger partial charge in [-0.1, -0.05) is 12.1 Å². The standard InChI is InChI=1S/C17H19N3O2/c1-22-13-6-4-12(5-7-13)8-10-20-16-3-2-9-19-15(16)11-14(18)17(20)21/h2-7,9,14H,8,10-11,18H2,1H3. The van der Waals surface area contributed by atoms with Gasteiger partial charge in [-0.2, -0.15) is 0 Å². The van der Waals surface area contributed by atoms with Crippen LogP contribution in [0.1, 0.15) is 11.3 Å². The second-order valence-electron chi connectivity index (χ2n) is 5.37. The van der Waals surface area contributed by atoms with Crippen molar-refractivity contribution in [2.75, 3.05) is 18.6 Å². The largest absolute Gasteiger partial charge is 0.497 e. The van der Waals surface area contributed by atoms with Crippen molar-refractivity contribution < 1.29 is 9.53 Å². The van der Waals surface area contributed by atoms with Crippen LogP contribution in [0, 0.1) is 0 Å². The minimum atomic E-state index is -0.502. The van der Waals surface area contributed by atoms with Gasteiger partial charge in [-0.15, -0.1) is 0 Å². The average Bonchev–Trinajstić information content (AvgIpc) is 2.56. The molecule has 0 spiro atoms. The molecule has 2 N–H and O–H groups in total. The van der Waals surface area contributed by atoms with E-state index in [2.05, 4.69) is 4.98 Å². The molecule has 5 heteroatoms. The Bertz CT molecular complexity index is 670. The molecule has 1 aliphatic rings. The van der Waals surface area contributed by atoms with Crippen molar-refractivity contribution in [1.82, 2.24) is 4.98 Å². The lowest BCUT2D eigenvalue weighted by Crippen LogP contribution is -2.49. The van der Waals surface area contributed by atoms with Crippen LogP contribution in [0.25, 0.3) is 0 Å². The highest BCUT2D eigenvalue weighted by atomic mass is 16.5. The van der Waals surface area contributed by atoms with E-state index in [1.165, 1.54) is 0 Å². The van der Waals surface area contributed by atoms with Crippen LogP contribution in [-0.4, -0.2) is 30.6 Å². The maximum Gasteiger partial charge on any atom is 0.244 e. The van der Waals surface area contributed by atoms with E-state index in [1.807, 2.05) is 36.4 Å². The van der Waals surface area contributed by atoms with Crippen LogP contribution in [0.15, 0.2) is 42.6 Å². The number of ether oxygens (including phenoxy) is 1. The number of fused-ring (bicyclic) bond motifs is 1. The monoisotopic (exact) mass is 297 g/mol. The molecular weight excluding hydrogens is 278 g/mol. The molecule has 1 amide bonds. The van der Waals surface area contributed by atoms with E-state index >= 15 is 0 Å². The predicted molar refractivity (Wildman–Crippen MR) is 85.0 cm³/mol. The minimum Gasteiger partial charge on any atom is -0.497 e. The molecule has 1 aromatic carbocycles. The summed E-state index contributed by atoms with van der Waals surface area (Å²) in [5.74, 6) is 0.795. The second kappa shape index (κ2) is 6.15. The van der Waals surface area contributed by atoms with Crippen LogP contribution in [0.2, 0.25) is 0 Å². The van der Waals surface area contributed by atoms with Gasteiger partial charge in [0.25, 0.3) is 0 Å². The zero-order valence-corrected chi connectivity index (χ0v) is 12.5. The fourth-order valence-corrected chi connectivity index (χ4v) is 2.71. The first-order valence-corrected chi connectivity index (χ1v) is 7.33. The number of methoxy groups -OCH3 is 1. The van der Waals surface area contributed by atoms with Crippen molar-refractivity contribution in [3.63, 3.8) is 0 Å². The van der Waals surface area contributed by atoms with Crippen LogP contribution in [0.5, 0.6) is 5.75 Å². The SMILES string of the molecule is COc1ccc(CCN2C(=O)C(N)Cc3ncccc32)cc1. The number of nitrogens with zero attached hydrogens (tertiary/aromatic N) is 2. The molecule has 0 saturated heterocycles. The number of benzene rings is 1. The van der Waals surface area contributed by atoms with Crippen molar-refractivity contribution in [1.29, 1.82) is 0 Å². The van der Waals surface area contributed by atoms with Gasteiger partial charge in [-0.25, -0.2) is 0 Å². The van der Waals surface area contributed by atoms with Gasteiger partial charge in [0.1, 0.15) is 5.75 Å². The summed E-state index contributed by atoms with van der Waals surface area (Å²) in [6.45, 7) is 0.595. The van der Waals surface area contributed by atoms with Gasteiger partial charge < -0.3 is 15.4 Å². The molecule has 2 heterocycles. The zero-order valence-electron chi connectivity index (χ0n) is 12.5. The first kappa shape index (κ1) is 14.5. The molecule has 0 fully saturated rings. The number of aromatic nitrogens is 1. The minimum absolute atomic E-state index is 0.0333. The van der Waals surface area contributed by atoms with Crippen LogP contribution in [0.4, 0.5) is 5.69 Å². The van der Waals surface area contributed by atoms with Crippen molar-refractivity contribution in [3.05, 3.63) is 53.9 Å². The van der Waals surface area contributed by atoms with E-state index in [0.717, 1.165) is 29.1 Å². The Labute approximate surface area is 129 Å². The molecule has 0 aliphatic carbocycles. The molecule has 0 bridgehead atoms. The summed E-state index contributed by atoms with van der Waals surface area (Å²) in [7, 11) is 1.65. The van der Waals surface area contributed by atoms with E-state index in [1.54, 1.807) is 18.2 Å². The molecule has 1 aliphatic heterocycles. The molecular formula is C17H19N3O2. The van der Waals surface area contributed by atoms with E-state index < -0.39 is 6.04 Å². The predicted octanol–water partition coefficient (Wildman–Crippen LogP) is 1.55. The molecule has 3 rings (SSSR count). The maximum atomic E-state index is 12.4. The lowest BCUT2D eigenvalue weighted by Gasteiger charge is -2.31. The summed E-state index contributed by atoms with van der Waals surface area (Å²) >= 11 is 0. The second-order valence-corrected chi connectivity index (χ2v) is 5.37. The van der Waals surface area contributed by atoms with E-state index in [0.29, 0.717) is 13.0 Å². The fraction of sp³-hybridized carbons (Fsp3) is 0.294. The molecule has 0 saturated carbocycles. The summed E-state index contributed by atoms with van der Waals surface area (Å²) in [6, 6.07) is 11.2. The molecule has 1 atom stereocenters. The smallest absolute Gasteiger partial charge is 0.244 e. The van der Waals surface area contributed by atoms with Crippen LogP contribution >= 0.6 is 0 Å². The van der Waals surface area contributed by atoms with Gasteiger partial charge in [-0.3, -0.25) is 9.78 Å². The van der Waals surface area contributed by atoms with Crippen molar-refractivity contribution in [2.24, 2.45) is 5.73 Å². The maximum absolute atomic E-state index is 12.4. The molecule has 22 heavy (non-hydrogen) atoms. The summed E-state index contributed by atoms with van der Waals surface area (Å²) in [5.41, 5.74) is 8.86. The molecule has 1 unspecified atom stereocenters. The molecule has 114 valence electrons. The zero-order chi connectivity index (χ0) is 15.5. The van der Waals surface area contributed by atoms with Gasteiger partial charge >= 0.3 is 0 Å². The lowest BCUT2D eigenvalue weighted by atomic mass is 10.0. The number of carbonyl (C=O) groups excluding carboxylic acids is 1. The number of pyridine rings is 1. The van der Waals surface area contributed by atoms with Crippen LogP contribution in [-0.2, 0) is 17.6 Å². The van der Waals surface area contributed by atoms with E-state index in [4.69, 9.17) is 10.5 Å². The Morgan fingerprint density at radius 3 is 2.82 bits per heavy atom.